The van der Waals surface area contributed by atoms with Crippen LogP contribution in [-0.2, 0) is 5.54 Å². The minimum atomic E-state index is -0.267. The van der Waals surface area contributed by atoms with E-state index in [0.29, 0.717) is 23.5 Å². The van der Waals surface area contributed by atoms with Gasteiger partial charge in [-0.3, -0.25) is 9.78 Å². The highest BCUT2D eigenvalue weighted by Crippen LogP contribution is 2.25. The van der Waals surface area contributed by atoms with Crippen molar-refractivity contribution in [2.24, 2.45) is 0 Å². The Morgan fingerprint density at radius 1 is 1.00 bits per heavy atom. The summed E-state index contributed by atoms with van der Waals surface area (Å²) in [6.45, 7) is 6.72. The van der Waals surface area contributed by atoms with Gasteiger partial charge in [0.1, 0.15) is 5.39 Å². The Kier molecular flexibility index (Phi) is 4.92. The van der Waals surface area contributed by atoms with Gasteiger partial charge in [0.15, 0.2) is 5.65 Å². The van der Waals surface area contributed by atoms with Crippen molar-refractivity contribution in [1.82, 2.24) is 19.7 Å². The van der Waals surface area contributed by atoms with Gasteiger partial charge < -0.3 is 5.32 Å². The molecule has 0 unspecified atom stereocenters. The van der Waals surface area contributed by atoms with Gasteiger partial charge in [-0.2, -0.15) is 10.1 Å². The summed E-state index contributed by atoms with van der Waals surface area (Å²) in [7, 11) is 0. The average molecular weight is 387 g/mol. The summed E-state index contributed by atoms with van der Waals surface area (Å²) in [5.41, 5.74) is 2.53. The molecule has 2 heterocycles. The molecule has 0 fully saturated rings. The second-order valence-corrected chi connectivity index (χ2v) is 8.13. The predicted molar refractivity (Wildman–Crippen MR) is 116 cm³/mol. The van der Waals surface area contributed by atoms with Gasteiger partial charge in [0.2, 0.25) is 5.95 Å². The van der Waals surface area contributed by atoms with Crippen LogP contribution in [0.2, 0.25) is 0 Å². The molecule has 0 bridgehead atoms. The van der Waals surface area contributed by atoms with Crippen molar-refractivity contribution >= 4 is 17.0 Å². The molecular weight excluding hydrogens is 362 g/mol. The van der Waals surface area contributed by atoms with Crippen molar-refractivity contribution in [2.45, 2.75) is 32.2 Å². The number of benzene rings is 2. The zero-order valence-electron chi connectivity index (χ0n) is 16.9. The van der Waals surface area contributed by atoms with Crippen LogP contribution in [0.4, 0.5) is 5.95 Å². The normalized spacial score (nSPS) is 11.9. The first-order chi connectivity index (χ1) is 13.9. The lowest BCUT2D eigenvalue weighted by Crippen LogP contribution is -2.24. The zero-order chi connectivity index (χ0) is 20.4. The molecule has 0 saturated heterocycles. The fourth-order valence-electron chi connectivity index (χ4n) is 3.49. The van der Waals surface area contributed by atoms with Crippen molar-refractivity contribution < 1.29 is 0 Å². The molecular formula is C23H25N5O. The van der Waals surface area contributed by atoms with Gasteiger partial charge in [-0.25, -0.2) is 4.68 Å². The summed E-state index contributed by atoms with van der Waals surface area (Å²) >= 11 is 0. The second kappa shape index (κ2) is 7.54. The molecule has 0 spiro atoms. The Hall–Kier alpha value is -3.41. The molecule has 6 heteroatoms. The van der Waals surface area contributed by atoms with Crippen LogP contribution in [0, 0.1) is 0 Å². The third-order valence-electron chi connectivity index (χ3n) is 4.95. The Morgan fingerprint density at radius 3 is 2.14 bits per heavy atom. The number of H-pyrrole nitrogens is 1. The van der Waals surface area contributed by atoms with E-state index in [1.807, 2.05) is 57.2 Å². The number of hydrogen-bond donors (Lipinski definition) is 2. The van der Waals surface area contributed by atoms with E-state index >= 15 is 0 Å². The van der Waals surface area contributed by atoms with Crippen molar-refractivity contribution in [1.29, 1.82) is 0 Å². The largest absolute Gasteiger partial charge is 0.355 e. The van der Waals surface area contributed by atoms with E-state index in [1.54, 1.807) is 10.9 Å². The monoisotopic (exact) mass is 387 g/mol. The van der Waals surface area contributed by atoms with Crippen LogP contribution >= 0.6 is 0 Å². The summed E-state index contributed by atoms with van der Waals surface area (Å²) in [6.07, 6.45) is 1.58. The van der Waals surface area contributed by atoms with Gasteiger partial charge in [-0.1, -0.05) is 60.7 Å². The van der Waals surface area contributed by atoms with Crippen LogP contribution < -0.4 is 10.9 Å². The lowest BCUT2D eigenvalue weighted by molar-refractivity contribution is 0.366. The minimum absolute atomic E-state index is 0.130. The van der Waals surface area contributed by atoms with E-state index in [9.17, 15) is 4.79 Å². The number of nitrogens with zero attached hydrogens (tertiary/aromatic N) is 3. The number of fused-ring (bicyclic) bond motifs is 1. The van der Waals surface area contributed by atoms with Crippen molar-refractivity contribution in [3.05, 3.63) is 88.3 Å². The van der Waals surface area contributed by atoms with Crippen LogP contribution in [0.1, 0.15) is 37.8 Å². The van der Waals surface area contributed by atoms with Crippen molar-refractivity contribution in [3.63, 3.8) is 0 Å². The van der Waals surface area contributed by atoms with Gasteiger partial charge in [0, 0.05) is 12.5 Å². The quantitative estimate of drug-likeness (QED) is 0.540. The van der Waals surface area contributed by atoms with Gasteiger partial charge in [0.25, 0.3) is 5.56 Å². The van der Waals surface area contributed by atoms with Gasteiger partial charge in [-0.05, 0) is 31.9 Å². The molecule has 0 radical (unpaired) electrons. The highest BCUT2D eigenvalue weighted by atomic mass is 16.1. The third kappa shape index (κ3) is 3.92. The summed E-state index contributed by atoms with van der Waals surface area (Å²) < 4.78 is 1.79. The molecule has 0 aliphatic rings. The van der Waals surface area contributed by atoms with Crippen LogP contribution in [0.5, 0.6) is 0 Å². The number of aromatic nitrogens is 4. The lowest BCUT2D eigenvalue weighted by Gasteiger charge is -2.21. The molecule has 0 atom stereocenters. The average Bonchev–Trinajstić information content (AvgIpc) is 3.15. The number of aromatic amines is 1. The fourth-order valence-corrected chi connectivity index (χ4v) is 3.49. The van der Waals surface area contributed by atoms with E-state index in [2.05, 4.69) is 44.6 Å². The zero-order valence-corrected chi connectivity index (χ0v) is 16.9. The SMILES string of the molecule is CC(C)(C)n1ncc2c(=O)[nH]c(NCC(c3ccccc3)c3ccccc3)nc21. The first-order valence-electron chi connectivity index (χ1n) is 9.76. The van der Waals surface area contributed by atoms with Crippen LogP contribution in [0.15, 0.2) is 71.7 Å². The molecule has 0 amide bonds. The summed E-state index contributed by atoms with van der Waals surface area (Å²) in [5, 5.41) is 8.19. The summed E-state index contributed by atoms with van der Waals surface area (Å²) in [4.78, 5) is 20.0. The van der Waals surface area contributed by atoms with Gasteiger partial charge >= 0.3 is 0 Å². The Morgan fingerprint density at radius 2 is 1.59 bits per heavy atom. The van der Waals surface area contributed by atoms with Gasteiger partial charge in [0.05, 0.1) is 11.7 Å². The van der Waals surface area contributed by atoms with Crippen molar-refractivity contribution in [3.8, 4) is 0 Å². The molecule has 2 aromatic carbocycles. The molecule has 0 aliphatic carbocycles. The van der Waals surface area contributed by atoms with E-state index in [4.69, 9.17) is 0 Å². The third-order valence-corrected chi connectivity index (χ3v) is 4.95. The summed E-state index contributed by atoms with van der Waals surface area (Å²) in [6, 6.07) is 20.7. The Labute approximate surface area is 169 Å². The van der Waals surface area contributed by atoms with Crippen molar-refractivity contribution in [2.75, 3.05) is 11.9 Å². The smallest absolute Gasteiger partial charge is 0.263 e. The molecule has 0 saturated carbocycles. The maximum atomic E-state index is 12.5. The van der Waals surface area contributed by atoms with E-state index < -0.39 is 0 Å². The second-order valence-electron chi connectivity index (χ2n) is 8.13. The highest BCUT2D eigenvalue weighted by Gasteiger charge is 2.20. The molecule has 29 heavy (non-hydrogen) atoms. The number of anilines is 1. The van der Waals surface area contributed by atoms with Gasteiger partial charge in [-0.15, -0.1) is 0 Å². The first-order valence-corrected chi connectivity index (χ1v) is 9.76. The number of hydrogen-bond acceptors (Lipinski definition) is 4. The topological polar surface area (TPSA) is 75.6 Å². The molecule has 0 aliphatic heterocycles. The molecule has 6 nitrogen and oxygen atoms in total. The minimum Gasteiger partial charge on any atom is -0.355 e. The predicted octanol–water partition coefficient (Wildman–Crippen LogP) is 4.12. The van der Waals surface area contributed by atoms with Crippen LogP contribution in [-0.4, -0.2) is 26.3 Å². The molecule has 2 N–H and O–H groups in total. The first kappa shape index (κ1) is 18.9. The van der Waals surface area contributed by atoms with Crippen LogP contribution in [0.25, 0.3) is 11.0 Å². The number of nitrogens with one attached hydrogen (secondary N) is 2. The number of rotatable bonds is 5. The van der Waals surface area contributed by atoms with E-state index in [1.165, 1.54) is 11.1 Å². The standard InChI is InChI=1S/C23H25N5O/c1-23(2,3)28-20-19(15-25-28)21(29)27-22(26-20)24-14-18(16-10-6-4-7-11-16)17-12-8-5-9-13-17/h4-13,15,18H,14H2,1-3H3,(H2,24,26,27,29). The fraction of sp³-hybridized carbons (Fsp3) is 0.261. The Balaban J connectivity index is 1.67. The molecule has 148 valence electrons. The maximum Gasteiger partial charge on any atom is 0.263 e. The molecule has 4 rings (SSSR count). The van der Waals surface area contributed by atoms with Crippen LogP contribution in [0.3, 0.4) is 0 Å². The van der Waals surface area contributed by atoms with E-state index in [-0.39, 0.29) is 17.0 Å². The Bertz CT molecular complexity index is 1120. The highest BCUT2D eigenvalue weighted by molar-refractivity contribution is 5.74. The summed E-state index contributed by atoms with van der Waals surface area (Å²) in [5.74, 6) is 0.580. The molecule has 4 aromatic rings. The van der Waals surface area contributed by atoms with E-state index in [0.717, 1.165) is 0 Å². The molecule has 2 aromatic heterocycles. The maximum absolute atomic E-state index is 12.5. The lowest BCUT2D eigenvalue weighted by atomic mass is 9.91.